The standard InChI is InChI=1S/C20H28FN3O7/c1-24(20(31)23-15(18(27)28)9-10-17(25)26)16(19(29)30)4-2-3-11-22-12-13-5-7-14(21)8-6-13/h5-8,15-16,22H,2-4,9-12H2,1H3,(H,23,31)(H,25,26)(H,27,28)(H,29,30)/t15?,16-/m0/s1. The fraction of sp³-hybridized carbons (Fsp3) is 0.500. The summed E-state index contributed by atoms with van der Waals surface area (Å²) in [6.45, 7) is 1.13. The van der Waals surface area contributed by atoms with E-state index in [1.165, 1.54) is 19.2 Å². The van der Waals surface area contributed by atoms with Crippen LogP contribution in [-0.4, -0.2) is 69.8 Å². The van der Waals surface area contributed by atoms with E-state index in [0.29, 0.717) is 25.9 Å². The molecule has 0 spiro atoms. The van der Waals surface area contributed by atoms with Crippen molar-refractivity contribution in [2.24, 2.45) is 0 Å². The number of carboxylic acid groups (broad SMARTS) is 3. The molecule has 2 amide bonds. The number of carbonyl (C=O) groups is 4. The first-order valence-electron chi connectivity index (χ1n) is 9.77. The van der Waals surface area contributed by atoms with E-state index in [9.17, 15) is 28.7 Å². The van der Waals surface area contributed by atoms with Gasteiger partial charge < -0.3 is 30.9 Å². The van der Waals surface area contributed by atoms with E-state index in [-0.39, 0.29) is 18.7 Å². The molecule has 172 valence electrons. The maximum absolute atomic E-state index is 12.9. The molecule has 2 atom stereocenters. The van der Waals surface area contributed by atoms with E-state index in [0.717, 1.165) is 10.5 Å². The molecule has 0 bridgehead atoms. The average molecular weight is 441 g/mol. The minimum absolute atomic E-state index is 0.157. The van der Waals surface area contributed by atoms with Crippen LogP contribution in [0.15, 0.2) is 24.3 Å². The van der Waals surface area contributed by atoms with Crippen molar-refractivity contribution in [2.75, 3.05) is 13.6 Å². The Morgan fingerprint density at radius 3 is 2.19 bits per heavy atom. The number of nitrogens with one attached hydrogen (secondary N) is 2. The van der Waals surface area contributed by atoms with Gasteiger partial charge in [0.2, 0.25) is 0 Å². The highest BCUT2D eigenvalue weighted by Gasteiger charge is 2.29. The van der Waals surface area contributed by atoms with Crippen LogP contribution >= 0.6 is 0 Å². The van der Waals surface area contributed by atoms with Crippen molar-refractivity contribution in [2.45, 2.75) is 50.7 Å². The van der Waals surface area contributed by atoms with E-state index in [4.69, 9.17) is 10.2 Å². The van der Waals surface area contributed by atoms with Crippen molar-refractivity contribution in [1.29, 1.82) is 0 Å². The molecular weight excluding hydrogens is 413 g/mol. The van der Waals surface area contributed by atoms with Gasteiger partial charge >= 0.3 is 23.9 Å². The molecule has 0 aliphatic heterocycles. The number of rotatable bonds is 14. The second kappa shape index (κ2) is 13.2. The van der Waals surface area contributed by atoms with Gasteiger partial charge in [-0.1, -0.05) is 12.1 Å². The topological polar surface area (TPSA) is 156 Å². The average Bonchev–Trinajstić information content (AvgIpc) is 2.70. The van der Waals surface area contributed by atoms with Gasteiger partial charge in [0, 0.05) is 20.0 Å². The van der Waals surface area contributed by atoms with Gasteiger partial charge in [0.1, 0.15) is 17.9 Å². The molecule has 0 aromatic heterocycles. The first-order valence-corrected chi connectivity index (χ1v) is 9.77. The Morgan fingerprint density at radius 1 is 1.00 bits per heavy atom. The number of carboxylic acids is 3. The Kier molecular flexibility index (Phi) is 11.0. The number of carbonyl (C=O) groups excluding carboxylic acids is 1. The molecule has 1 aromatic rings. The van der Waals surface area contributed by atoms with Crippen molar-refractivity contribution < 1.29 is 38.9 Å². The van der Waals surface area contributed by atoms with E-state index < -0.39 is 42.4 Å². The first-order chi connectivity index (χ1) is 14.6. The summed E-state index contributed by atoms with van der Waals surface area (Å²) >= 11 is 0. The lowest BCUT2D eigenvalue weighted by Crippen LogP contribution is -2.52. The predicted octanol–water partition coefficient (Wildman–Crippen LogP) is 1.50. The summed E-state index contributed by atoms with van der Waals surface area (Å²) in [5, 5.41) is 32.5. The SMILES string of the molecule is CN(C(=O)NC(CCC(=O)O)C(=O)O)[C@@H](CCCCNCc1ccc(F)cc1)C(=O)O. The van der Waals surface area contributed by atoms with Gasteiger partial charge in [-0.2, -0.15) is 0 Å². The Labute approximate surface area is 179 Å². The van der Waals surface area contributed by atoms with Crippen LogP contribution in [0.3, 0.4) is 0 Å². The minimum Gasteiger partial charge on any atom is -0.481 e. The summed E-state index contributed by atoms with van der Waals surface area (Å²) in [7, 11) is 1.25. The second-order valence-corrected chi connectivity index (χ2v) is 7.04. The Hall–Kier alpha value is -3.21. The third-order valence-corrected chi connectivity index (χ3v) is 4.64. The Balaban J connectivity index is 2.45. The summed E-state index contributed by atoms with van der Waals surface area (Å²) < 4.78 is 12.9. The summed E-state index contributed by atoms with van der Waals surface area (Å²) in [6, 6.07) is 2.56. The van der Waals surface area contributed by atoms with E-state index >= 15 is 0 Å². The molecule has 0 heterocycles. The number of hydrogen-bond acceptors (Lipinski definition) is 5. The lowest BCUT2D eigenvalue weighted by atomic mass is 10.1. The number of benzene rings is 1. The van der Waals surface area contributed by atoms with E-state index in [2.05, 4.69) is 10.6 Å². The molecule has 5 N–H and O–H groups in total. The van der Waals surface area contributed by atoms with Gasteiger partial charge in [0.15, 0.2) is 0 Å². The molecule has 0 saturated carbocycles. The van der Waals surface area contributed by atoms with Crippen molar-refractivity contribution in [3.05, 3.63) is 35.6 Å². The molecule has 0 radical (unpaired) electrons. The molecule has 0 aliphatic carbocycles. The number of likely N-dealkylation sites (N-methyl/N-ethyl adjacent to an activating group) is 1. The summed E-state index contributed by atoms with van der Waals surface area (Å²) in [5.74, 6) is -4.14. The highest BCUT2D eigenvalue weighted by atomic mass is 19.1. The number of nitrogens with zero attached hydrogens (tertiary/aromatic N) is 1. The fourth-order valence-electron chi connectivity index (χ4n) is 2.82. The zero-order chi connectivity index (χ0) is 23.4. The zero-order valence-electron chi connectivity index (χ0n) is 17.2. The summed E-state index contributed by atoms with van der Waals surface area (Å²) in [4.78, 5) is 46.5. The van der Waals surface area contributed by atoms with Crippen LogP contribution in [0.1, 0.15) is 37.7 Å². The molecule has 1 aromatic carbocycles. The number of unbranched alkanes of at least 4 members (excludes halogenated alkanes) is 1. The van der Waals surface area contributed by atoms with Crippen LogP contribution in [0.2, 0.25) is 0 Å². The van der Waals surface area contributed by atoms with Crippen LogP contribution in [0.4, 0.5) is 9.18 Å². The van der Waals surface area contributed by atoms with Crippen LogP contribution in [0, 0.1) is 5.82 Å². The van der Waals surface area contributed by atoms with Crippen LogP contribution in [-0.2, 0) is 20.9 Å². The largest absolute Gasteiger partial charge is 0.481 e. The maximum atomic E-state index is 12.9. The minimum atomic E-state index is -1.43. The number of hydrogen-bond donors (Lipinski definition) is 5. The summed E-state index contributed by atoms with van der Waals surface area (Å²) in [6.07, 6.45) is 0.517. The smallest absolute Gasteiger partial charge is 0.326 e. The van der Waals surface area contributed by atoms with Gasteiger partial charge in [0.05, 0.1) is 0 Å². The molecule has 10 nitrogen and oxygen atoms in total. The summed E-state index contributed by atoms with van der Waals surface area (Å²) in [5.41, 5.74) is 0.914. The van der Waals surface area contributed by atoms with Gasteiger partial charge in [-0.15, -0.1) is 0 Å². The molecule has 31 heavy (non-hydrogen) atoms. The molecule has 1 rings (SSSR count). The molecule has 11 heteroatoms. The van der Waals surface area contributed by atoms with Crippen molar-refractivity contribution in [3.63, 3.8) is 0 Å². The third-order valence-electron chi connectivity index (χ3n) is 4.64. The van der Waals surface area contributed by atoms with Gasteiger partial charge in [-0.25, -0.2) is 18.8 Å². The lowest BCUT2D eigenvalue weighted by molar-refractivity contribution is -0.142. The number of amides is 2. The number of aliphatic carboxylic acids is 3. The van der Waals surface area contributed by atoms with Crippen molar-refractivity contribution in [1.82, 2.24) is 15.5 Å². The monoisotopic (exact) mass is 441 g/mol. The number of halogens is 1. The van der Waals surface area contributed by atoms with Gasteiger partial charge in [-0.05, 0) is 49.9 Å². The molecule has 1 unspecified atom stereocenters. The van der Waals surface area contributed by atoms with Crippen LogP contribution < -0.4 is 10.6 Å². The predicted molar refractivity (Wildman–Crippen MR) is 108 cm³/mol. The van der Waals surface area contributed by atoms with Gasteiger partial charge in [0.25, 0.3) is 0 Å². The van der Waals surface area contributed by atoms with Crippen molar-refractivity contribution >= 4 is 23.9 Å². The molecular formula is C20H28FN3O7. The van der Waals surface area contributed by atoms with Gasteiger partial charge in [-0.3, -0.25) is 4.79 Å². The molecule has 0 saturated heterocycles. The number of urea groups is 1. The Morgan fingerprint density at radius 2 is 1.65 bits per heavy atom. The van der Waals surface area contributed by atoms with Crippen LogP contribution in [0.25, 0.3) is 0 Å². The van der Waals surface area contributed by atoms with E-state index in [1.807, 2.05) is 0 Å². The lowest BCUT2D eigenvalue weighted by Gasteiger charge is -2.26. The second-order valence-electron chi connectivity index (χ2n) is 7.04. The molecule has 0 fully saturated rings. The first kappa shape index (κ1) is 25.8. The highest BCUT2D eigenvalue weighted by Crippen LogP contribution is 2.10. The zero-order valence-corrected chi connectivity index (χ0v) is 17.2. The maximum Gasteiger partial charge on any atom is 0.326 e. The highest BCUT2D eigenvalue weighted by molar-refractivity contribution is 5.86. The van der Waals surface area contributed by atoms with Crippen molar-refractivity contribution in [3.8, 4) is 0 Å². The Bertz CT molecular complexity index is 758. The normalized spacial score (nSPS) is 12.6. The van der Waals surface area contributed by atoms with Crippen LogP contribution in [0.5, 0.6) is 0 Å². The quantitative estimate of drug-likeness (QED) is 0.272. The third kappa shape index (κ3) is 9.90. The fourth-order valence-corrected chi connectivity index (χ4v) is 2.82. The van der Waals surface area contributed by atoms with E-state index in [1.54, 1.807) is 12.1 Å². The molecule has 0 aliphatic rings.